The van der Waals surface area contributed by atoms with Crippen LogP contribution in [-0.4, -0.2) is 26.7 Å². The number of carboxylic acids is 1. The highest BCUT2D eigenvalue weighted by Crippen LogP contribution is 2.13. The standard InChI is InChI=1S/C11H19N3O2/c1-7(2)12-6-10-13-5-9(11(15)16)14(10)8(3)4/h5,7-8,12H,6H2,1-4H3,(H,15,16). The second-order valence-electron chi connectivity index (χ2n) is 4.36. The van der Waals surface area contributed by atoms with Crippen LogP contribution in [0.25, 0.3) is 0 Å². The Morgan fingerprint density at radius 3 is 2.56 bits per heavy atom. The lowest BCUT2D eigenvalue weighted by molar-refractivity contribution is 0.0683. The summed E-state index contributed by atoms with van der Waals surface area (Å²) in [6.07, 6.45) is 1.42. The van der Waals surface area contributed by atoms with Crippen LogP contribution in [0.15, 0.2) is 6.20 Å². The van der Waals surface area contributed by atoms with Crippen molar-refractivity contribution in [1.29, 1.82) is 0 Å². The molecule has 0 spiro atoms. The number of hydrogen-bond donors (Lipinski definition) is 2. The van der Waals surface area contributed by atoms with Crippen LogP contribution in [0.3, 0.4) is 0 Å². The Hall–Kier alpha value is -1.36. The van der Waals surface area contributed by atoms with Crippen molar-refractivity contribution in [2.24, 2.45) is 0 Å². The largest absolute Gasteiger partial charge is 0.477 e. The van der Waals surface area contributed by atoms with E-state index in [1.165, 1.54) is 6.20 Å². The molecule has 1 aromatic rings. The number of hydrogen-bond acceptors (Lipinski definition) is 3. The second kappa shape index (κ2) is 5.12. The van der Waals surface area contributed by atoms with Gasteiger partial charge in [0.1, 0.15) is 11.5 Å². The first-order chi connectivity index (χ1) is 7.43. The lowest BCUT2D eigenvalue weighted by atomic mass is 10.3. The summed E-state index contributed by atoms with van der Waals surface area (Å²) in [6, 6.07) is 0.447. The van der Waals surface area contributed by atoms with Crippen LogP contribution < -0.4 is 5.32 Å². The minimum Gasteiger partial charge on any atom is -0.477 e. The molecule has 0 saturated heterocycles. The van der Waals surface area contributed by atoms with E-state index in [4.69, 9.17) is 5.11 Å². The number of rotatable bonds is 5. The number of aromatic nitrogens is 2. The van der Waals surface area contributed by atoms with Crippen molar-refractivity contribution >= 4 is 5.97 Å². The van der Waals surface area contributed by atoms with E-state index < -0.39 is 5.97 Å². The third-order valence-electron chi connectivity index (χ3n) is 2.28. The summed E-state index contributed by atoms with van der Waals surface area (Å²) < 4.78 is 1.75. The molecule has 0 aliphatic rings. The molecule has 0 aromatic carbocycles. The van der Waals surface area contributed by atoms with Crippen LogP contribution in [0, 0.1) is 0 Å². The van der Waals surface area contributed by atoms with Gasteiger partial charge in [0.05, 0.1) is 12.7 Å². The van der Waals surface area contributed by atoms with E-state index in [1.54, 1.807) is 4.57 Å². The Labute approximate surface area is 95.5 Å². The molecule has 0 saturated carbocycles. The Morgan fingerprint density at radius 2 is 2.12 bits per heavy atom. The monoisotopic (exact) mass is 225 g/mol. The molecule has 1 aromatic heterocycles. The van der Waals surface area contributed by atoms with Crippen LogP contribution in [0.2, 0.25) is 0 Å². The summed E-state index contributed by atoms with van der Waals surface area (Å²) in [5.74, 6) is -0.168. The summed E-state index contributed by atoms with van der Waals surface area (Å²) in [4.78, 5) is 15.1. The number of imidazole rings is 1. The van der Waals surface area contributed by atoms with Crippen molar-refractivity contribution in [3.05, 3.63) is 17.7 Å². The van der Waals surface area contributed by atoms with Crippen molar-refractivity contribution < 1.29 is 9.90 Å². The van der Waals surface area contributed by atoms with Crippen molar-refractivity contribution in [2.75, 3.05) is 0 Å². The van der Waals surface area contributed by atoms with E-state index in [0.29, 0.717) is 12.6 Å². The van der Waals surface area contributed by atoms with E-state index in [2.05, 4.69) is 10.3 Å². The molecule has 16 heavy (non-hydrogen) atoms. The van der Waals surface area contributed by atoms with Gasteiger partial charge in [-0.15, -0.1) is 0 Å². The summed E-state index contributed by atoms with van der Waals surface area (Å²) in [6.45, 7) is 8.57. The van der Waals surface area contributed by atoms with Gasteiger partial charge >= 0.3 is 5.97 Å². The van der Waals surface area contributed by atoms with Gasteiger partial charge in [-0.05, 0) is 13.8 Å². The quantitative estimate of drug-likeness (QED) is 0.799. The first-order valence-electron chi connectivity index (χ1n) is 5.46. The normalized spacial score (nSPS) is 11.4. The molecule has 0 atom stereocenters. The van der Waals surface area contributed by atoms with Gasteiger partial charge in [-0.1, -0.05) is 13.8 Å². The first kappa shape index (κ1) is 12.7. The van der Waals surface area contributed by atoms with Crippen LogP contribution in [0.4, 0.5) is 0 Å². The molecular weight excluding hydrogens is 206 g/mol. The maximum atomic E-state index is 11.0. The fourth-order valence-electron chi connectivity index (χ4n) is 1.56. The van der Waals surface area contributed by atoms with E-state index in [-0.39, 0.29) is 11.7 Å². The minimum atomic E-state index is -0.933. The molecule has 90 valence electrons. The highest BCUT2D eigenvalue weighted by Gasteiger charge is 2.17. The van der Waals surface area contributed by atoms with Crippen molar-refractivity contribution in [3.8, 4) is 0 Å². The number of aromatic carboxylic acids is 1. The zero-order valence-corrected chi connectivity index (χ0v) is 10.2. The van der Waals surface area contributed by atoms with Crippen molar-refractivity contribution in [1.82, 2.24) is 14.9 Å². The number of carboxylic acid groups (broad SMARTS) is 1. The first-order valence-corrected chi connectivity index (χ1v) is 5.46. The zero-order valence-electron chi connectivity index (χ0n) is 10.2. The van der Waals surface area contributed by atoms with Crippen LogP contribution >= 0.6 is 0 Å². The average molecular weight is 225 g/mol. The van der Waals surface area contributed by atoms with Gasteiger partial charge in [0, 0.05) is 12.1 Å². The molecule has 0 unspecified atom stereocenters. The van der Waals surface area contributed by atoms with E-state index >= 15 is 0 Å². The third-order valence-corrected chi connectivity index (χ3v) is 2.28. The SMILES string of the molecule is CC(C)NCc1ncc(C(=O)O)n1C(C)C. The van der Waals surface area contributed by atoms with Gasteiger partial charge in [0.25, 0.3) is 0 Å². The minimum absolute atomic E-state index is 0.0950. The predicted molar refractivity (Wildman–Crippen MR) is 61.5 cm³/mol. The van der Waals surface area contributed by atoms with E-state index in [0.717, 1.165) is 5.82 Å². The van der Waals surface area contributed by atoms with Gasteiger partial charge in [0.15, 0.2) is 0 Å². The smallest absolute Gasteiger partial charge is 0.354 e. The van der Waals surface area contributed by atoms with Gasteiger partial charge in [-0.2, -0.15) is 0 Å². The lowest BCUT2D eigenvalue weighted by Gasteiger charge is -2.15. The van der Waals surface area contributed by atoms with Crippen LogP contribution in [0.5, 0.6) is 0 Å². The van der Waals surface area contributed by atoms with E-state index in [1.807, 2.05) is 27.7 Å². The van der Waals surface area contributed by atoms with E-state index in [9.17, 15) is 4.79 Å². The molecule has 1 heterocycles. The van der Waals surface area contributed by atoms with Gasteiger partial charge in [0.2, 0.25) is 0 Å². The molecular formula is C11H19N3O2. The highest BCUT2D eigenvalue weighted by molar-refractivity contribution is 5.85. The molecule has 0 radical (unpaired) electrons. The Morgan fingerprint density at radius 1 is 1.50 bits per heavy atom. The topological polar surface area (TPSA) is 67.2 Å². The predicted octanol–water partition coefficient (Wildman–Crippen LogP) is 1.66. The molecule has 0 aliphatic heterocycles. The lowest BCUT2D eigenvalue weighted by Crippen LogP contribution is -2.25. The Bertz CT molecular complexity index is 369. The summed E-state index contributed by atoms with van der Waals surface area (Å²) in [7, 11) is 0. The maximum Gasteiger partial charge on any atom is 0.354 e. The molecule has 5 heteroatoms. The summed E-state index contributed by atoms with van der Waals surface area (Å²) in [5, 5.41) is 12.3. The maximum absolute atomic E-state index is 11.0. The van der Waals surface area contributed by atoms with Crippen molar-refractivity contribution in [2.45, 2.75) is 46.3 Å². The van der Waals surface area contributed by atoms with Crippen molar-refractivity contribution in [3.63, 3.8) is 0 Å². The Kier molecular flexibility index (Phi) is 4.06. The average Bonchev–Trinajstić information content (AvgIpc) is 2.57. The number of nitrogens with one attached hydrogen (secondary N) is 1. The molecule has 0 aliphatic carbocycles. The van der Waals surface area contributed by atoms with Gasteiger partial charge in [-0.3, -0.25) is 0 Å². The molecule has 0 amide bonds. The van der Waals surface area contributed by atoms with Crippen LogP contribution in [0.1, 0.15) is 50.0 Å². The molecule has 0 bridgehead atoms. The second-order valence-corrected chi connectivity index (χ2v) is 4.36. The Balaban J connectivity index is 2.96. The third kappa shape index (κ3) is 2.82. The molecule has 0 fully saturated rings. The van der Waals surface area contributed by atoms with Gasteiger partial charge < -0.3 is 15.0 Å². The molecule has 2 N–H and O–H groups in total. The number of carbonyl (C=O) groups is 1. The molecule has 5 nitrogen and oxygen atoms in total. The van der Waals surface area contributed by atoms with Crippen LogP contribution in [-0.2, 0) is 6.54 Å². The summed E-state index contributed by atoms with van der Waals surface area (Å²) in [5.41, 5.74) is 0.246. The fourth-order valence-corrected chi connectivity index (χ4v) is 1.56. The highest BCUT2D eigenvalue weighted by atomic mass is 16.4. The molecule has 1 rings (SSSR count). The number of nitrogens with zero attached hydrogens (tertiary/aromatic N) is 2. The fraction of sp³-hybridized carbons (Fsp3) is 0.636. The zero-order chi connectivity index (χ0) is 12.3. The summed E-state index contributed by atoms with van der Waals surface area (Å²) >= 11 is 0. The van der Waals surface area contributed by atoms with Gasteiger partial charge in [-0.25, -0.2) is 9.78 Å².